The van der Waals surface area contributed by atoms with Crippen LogP contribution in [-0.2, 0) is 20.9 Å². The maximum atomic E-state index is 12.9. The van der Waals surface area contributed by atoms with Gasteiger partial charge < -0.3 is 20.2 Å². The number of imide groups is 1. The lowest BCUT2D eigenvalue weighted by Crippen LogP contribution is -2.53. The van der Waals surface area contributed by atoms with E-state index in [9.17, 15) is 27.6 Å². The lowest BCUT2D eigenvalue weighted by atomic mass is 10.0. The van der Waals surface area contributed by atoms with Crippen LogP contribution in [0.15, 0.2) is 18.2 Å². The quantitative estimate of drug-likeness (QED) is 0.490. The summed E-state index contributed by atoms with van der Waals surface area (Å²) in [7, 11) is 0. The molecule has 0 saturated carbocycles. The van der Waals surface area contributed by atoms with Crippen molar-refractivity contribution in [2.75, 3.05) is 37.6 Å². The predicted octanol–water partition coefficient (Wildman–Crippen LogP) is 0.563. The van der Waals surface area contributed by atoms with Crippen molar-refractivity contribution in [2.24, 2.45) is 5.92 Å². The molecule has 37 heavy (non-hydrogen) atoms. The standard InChI is InChI=1S/C22H27N5O3.C2HF3O2/c28-20-4-3-19(21(29)24-20)27-10-14-5-15(1-2-18(14)22(27)30)26-12-16-6-17(26)11-25(16)9-13-7-23-8-13;3-2(4,5)1(6)7/h1-2,5,13,16-17,19,23H,3-4,6-12H2,(H,24,28,29);(H,6,7). The minimum absolute atomic E-state index is 0.103. The molecule has 0 radical (unpaired) electrons. The molecule has 1 aromatic rings. The molecule has 4 saturated heterocycles. The third-order valence-corrected chi connectivity index (χ3v) is 7.79. The van der Waals surface area contributed by atoms with E-state index < -0.39 is 18.2 Å². The highest BCUT2D eigenvalue weighted by atomic mass is 19.4. The maximum absolute atomic E-state index is 12.9. The molecule has 0 aromatic heterocycles. The first-order valence-corrected chi connectivity index (χ1v) is 12.3. The number of aliphatic carboxylic acids is 1. The van der Waals surface area contributed by atoms with Crippen molar-refractivity contribution in [3.63, 3.8) is 0 Å². The fourth-order valence-electron chi connectivity index (χ4n) is 5.84. The molecule has 200 valence electrons. The molecule has 5 aliphatic heterocycles. The monoisotopic (exact) mass is 523 g/mol. The Morgan fingerprint density at radius 2 is 1.81 bits per heavy atom. The molecule has 4 fully saturated rings. The number of nitrogens with zero attached hydrogens (tertiary/aromatic N) is 3. The van der Waals surface area contributed by atoms with E-state index in [0.29, 0.717) is 30.6 Å². The second-order valence-electron chi connectivity index (χ2n) is 10.2. The van der Waals surface area contributed by atoms with Crippen LogP contribution in [0.3, 0.4) is 0 Å². The van der Waals surface area contributed by atoms with Gasteiger partial charge in [0.15, 0.2) is 0 Å². The van der Waals surface area contributed by atoms with Gasteiger partial charge in [-0.2, -0.15) is 13.2 Å². The molecule has 2 bridgehead atoms. The average Bonchev–Trinajstić information content (AvgIpc) is 3.49. The number of amides is 3. The van der Waals surface area contributed by atoms with Crippen LogP contribution in [0.1, 0.15) is 35.2 Å². The average molecular weight is 524 g/mol. The van der Waals surface area contributed by atoms with E-state index in [1.807, 2.05) is 6.07 Å². The van der Waals surface area contributed by atoms with Gasteiger partial charge in [-0.05, 0) is 42.5 Å². The van der Waals surface area contributed by atoms with Gasteiger partial charge in [0.1, 0.15) is 6.04 Å². The van der Waals surface area contributed by atoms with Gasteiger partial charge in [0, 0.05) is 69.0 Å². The second kappa shape index (κ2) is 9.60. The van der Waals surface area contributed by atoms with Crippen LogP contribution in [0.2, 0.25) is 0 Å². The third-order valence-electron chi connectivity index (χ3n) is 7.79. The maximum Gasteiger partial charge on any atom is 0.490 e. The minimum atomic E-state index is -5.08. The van der Waals surface area contributed by atoms with E-state index in [0.717, 1.165) is 37.7 Å². The fourth-order valence-corrected chi connectivity index (χ4v) is 5.84. The number of rotatable bonds is 4. The number of likely N-dealkylation sites (tertiary alicyclic amines) is 1. The summed E-state index contributed by atoms with van der Waals surface area (Å²) in [6.45, 7) is 6.13. The van der Waals surface area contributed by atoms with Gasteiger partial charge in [0.05, 0.1) is 0 Å². The Morgan fingerprint density at radius 1 is 1.08 bits per heavy atom. The molecule has 0 aliphatic carbocycles. The van der Waals surface area contributed by atoms with E-state index in [4.69, 9.17) is 9.90 Å². The van der Waals surface area contributed by atoms with E-state index in [-0.39, 0.29) is 24.1 Å². The summed E-state index contributed by atoms with van der Waals surface area (Å²) in [5, 5.41) is 12.9. The Kier molecular flexibility index (Phi) is 6.61. The highest BCUT2D eigenvalue weighted by Gasteiger charge is 2.45. The number of nitrogens with one attached hydrogen (secondary N) is 2. The molecule has 5 aliphatic rings. The summed E-state index contributed by atoms with van der Waals surface area (Å²) in [6.07, 6.45) is -3.18. The number of hydrogen-bond donors (Lipinski definition) is 3. The molecule has 10 nitrogen and oxygen atoms in total. The van der Waals surface area contributed by atoms with Crippen LogP contribution >= 0.6 is 0 Å². The molecular formula is C24H28F3N5O5. The highest BCUT2D eigenvalue weighted by molar-refractivity contribution is 6.05. The topological polar surface area (TPSA) is 122 Å². The zero-order valence-corrected chi connectivity index (χ0v) is 20.0. The summed E-state index contributed by atoms with van der Waals surface area (Å²) < 4.78 is 31.7. The minimum Gasteiger partial charge on any atom is -0.475 e. The number of alkyl halides is 3. The molecule has 1 aromatic carbocycles. The molecule has 13 heteroatoms. The normalized spacial score (nSPS) is 27.5. The molecule has 5 heterocycles. The first-order chi connectivity index (χ1) is 17.5. The van der Waals surface area contributed by atoms with Crippen LogP contribution in [0, 0.1) is 5.92 Å². The van der Waals surface area contributed by atoms with E-state index in [1.165, 1.54) is 18.7 Å². The Morgan fingerprint density at radius 3 is 2.38 bits per heavy atom. The lowest BCUT2D eigenvalue weighted by Gasteiger charge is -2.39. The van der Waals surface area contributed by atoms with Crippen LogP contribution < -0.4 is 15.5 Å². The van der Waals surface area contributed by atoms with Crippen molar-refractivity contribution in [1.29, 1.82) is 0 Å². The summed E-state index contributed by atoms with van der Waals surface area (Å²) in [5.74, 6) is -2.66. The fraction of sp³-hybridized carbons (Fsp3) is 0.583. The number of anilines is 1. The first kappa shape index (κ1) is 25.5. The number of fused-ring (bicyclic) bond motifs is 3. The largest absolute Gasteiger partial charge is 0.490 e. The zero-order chi connectivity index (χ0) is 26.5. The van der Waals surface area contributed by atoms with Gasteiger partial charge in [-0.1, -0.05) is 0 Å². The number of piperidine rings is 1. The van der Waals surface area contributed by atoms with Crippen molar-refractivity contribution in [1.82, 2.24) is 20.4 Å². The van der Waals surface area contributed by atoms with Gasteiger partial charge >= 0.3 is 12.1 Å². The SMILES string of the molecule is O=C(O)C(F)(F)F.O=C1CCC(N2Cc3cc(N4CC5CC4CN5CC4CNC4)ccc3C2=O)C(=O)N1. The van der Waals surface area contributed by atoms with E-state index in [1.54, 1.807) is 4.90 Å². The van der Waals surface area contributed by atoms with Crippen LogP contribution in [0.4, 0.5) is 18.9 Å². The van der Waals surface area contributed by atoms with Crippen molar-refractivity contribution < 1.29 is 37.5 Å². The number of halogens is 3. The van der Waals surface area contributed by atoms with Crippen LogP contribution in [-0.4, -0.2) is 95.6 Å². The number of carbonyl (C=O) groups is 4. The number of hydrogen-bond acceptors (Lipinski definition) is 7. The number of benzene rings is 1. The van der Waals surface area contributed by atoms with Crippen molar-refractivity contribution in [3.8, 4) is 0 Å². The number of carboxylic acid groups (broad SMARTS) is 1. The molecule has 0 spiro atoms. The second-order valence-corrected chi connectivity index (χ2v) is 10.2. The van der Waals surface area contributed by atoms with E-state index in [2.05, 4.69) is 32.6 Å². The third kappa shape index (κ3) is 5.01. The van der Waals surface area contributed by atoms with Gasteiger partial charge in [-0.3, -0.25) is 24.6 Å². The molecule has 6 rings (SSSR count). The molecule has 3 amide bonds. The lowest BCUT2D eigenvalue weighted by molar-refractivity contribution is -0.192. The van der Waals surface area contributed by atoms with Gasteiger partial charge in [0.25, 0.3) is 5.91 Å². The number of carbonyl (C=O) groups excluding carboxylic acids is 3. The molecular weight excluding hydrogens is 495 g/mol. The van der Waals surface area contributed by atoms with Gasteiger partial charge in [0.2, 0.25) is 11.8 Å². The number of piperazine rings is 1. The Bertz CT molecular complexity index is 1120. The molecule has 3 atom stereocenters. The van der Waals surface area contributed by atoms with Crippen LogP contribution in [0.25, 0.3) is 0 Å². The Hall–Kier alpha value is -3.19. The smallest absolute Gasteiger partial charge is 0.475 e. The Labute approximate surface area is 210 Å². The highest BCUT2D eigenvalue weighted by Crippen LogP contribution is 2.37. The Balaban J connectivity index is 0.000000355. The van der Waals surface area contributed by atoms with Gasteiger partial charge in [-0.15, -0.1) is 0 Å². The van der Waals surface area contributed by atoms with Crippen molar-refractivity contribution in [2.45, 2.75) is 50.1 Å². The molecule has 3 unspecified atom stereocenters. The summed E-state index contributed by atoms with van der Waals surface area (Å²) >= 11 is 0. The first-order valence-electron chi connectivity index (χ1n) is 12.3. The zero-order valence-electron chi connectivity index (χ0n) is 20.0. The summed E-state index contributed by atoms with van der Waals surface area (Å²) in [5.41, 5.74) is 2.86. The van der Waals surface area contributed by atoms with Crippen LogP contribution in [0.5, 0.6) is 0 Å². The van der Waals surface area contributed by atoms with E-state index >= 15 is 0 Å². The predicted molar refractivity (Wildman–Crippen MR) is 124 cm³/mol. The van der Waals surface area contributed by atoms with Gasteiger partial charge in [-0.25, -0.2) is 4.79 Å². The van der Waals surface area contributed by atoms with Crippen molar-refractivity contribution in [3.05, 3.63) is 29.3 Å². The van der Waals surface area contributed by atoms with Crippen molar-refractivity contribution >= 4 is 29.4 Å². The molecule has 3 N–H and O–H groups in total. The summed E-state index contributed by atoms with van der Waals surface area (Å²) in [6, 6.07) is 6.74. The summed E-state index contributed by atoms with van der Waals surface area (Å²) in [4.78, 5) is 52.3. The number of carboxylic acids is 1.